The number of likely N-dealkylation sites (tertiary alicyclic amines) is 1. The largest absolute Gasteiger partial charge is 0.489 e. The molecule has 0 spiro atoms. The number of ether oxygens (including phenoxy) is 1. The number of aliphatic carboxylic acids is 3. The highest BCUT2D eigenvalue weighted by Gasteiger charge is 2.37. The first-order valence-electron chi connectivity index (χ1n) is 20.2. The number of hydrogen-bond acceptors (Lipinski definition) is 8. The van der Waals surface area contributed by atoms with Crippen LogP contribution in [0.15, 0.2) is 72.8 Å². The van der Waals surface area contributed by atoms with E-state index in [0.717, 1.165) is 98.5 Å². The second kappa shape index (κ2) is 18.1. The highest BCUT2D eigenvalue weighted by atomic mass is 16.5. The first-order valence-corrected chi connectivity index (χ1v) is 20.2. The molecule has 4 aliphatic heterocycles. The minimum absolute atomic E-state index is 0.0100. The molecule has 4 fully saturated rings. The smallest absolute Gasteiger partial charge is 0.307 e. The van der Waals surface area contributed by atoms with E-state index in [0.29, 0.717) is 32.4 Å². The predicted octanol–water partition coefficient (Wildman–Crippen LogP) is 4.64. The summed E-state index contributed by atoms with van der Waals surface area (Å²) in [6, 6.07) is 24.6. The van der Waals surface area contributed by atoms with E-state index in [9.17, 15) is 29.7 Å². The quantitative estimate of drug-likeness (QED) is 0.114. The van der Waals surface area contributed by atoms with Crippen molar-refractivity contribution in [1.82, 2.24) is 20.9 Å². The second-order valence-electron chi connectivity index (χ2n) is 16.3. The van der Waals surface area contributed by atoms with Gasteiger partial charge in [0.25, 0.3) is 0 Å². The van der Waals surface area contributed by atoms with Crippen LogP contribution in [0.25, 0.3) is 0 Å². The molecule has 0 aliphatic carbocycles. The fourth-order valence-corrected chi connectivity index (χ4v) is 9.61. The Kier molecular flexibility index (Phi) is 12.8. The van der Waals surface area contributed by atoms with Crippen LogP contribution in [0.3, 0.4) is 0 Å². The molecule has 0 aromatic heterocycles. The molecule has 0 amide bonds. The number of carbonyl (C=O) groups is 3. The number of nitrogens with one attached hydrogen (secondary N) is 3. The lowest BCUT2D eigenvalue weighted by Gasteiger charge is -2.26. The predicted molar refractivity (Wildman–Crippen MR) is 209 cm³/mol. The molecule has 55 heavy (non-hydrogen) atoms. The molecule has 0 radical (unpaired) electrons. The molecule has 7 rings (SSSR count). The lowest BCUT2D eigenvalue weighted by atomic mass is 9.85. The van der Waals surface area contributed by atoms with Crippen molar-refractivity contribution in [2.75, 3.05) is 45.8 Å². The van der Waals surface area contributed by atoms with Gasteiger partial charge in [-0.1, -0.05) is 60.7 Å². The van der Waals surface area contributed by atoms with Crippen molar-refractivity contribution >= 4 is 17.9 Å². The van der Waals surface area contributed by atoms with E-state index >= 15 is 0 Å². The van der Waals surface area contributed by atoms with Crippen molar-refractivity contribution < 1.29 is 34.4 Å². The molecule has 11 heteroatoms. The van der Waals surface area contributed by atoms with E-state index in [-0.39, 0.29) is 29.9 Å². The second-order valence-corrected chi connectivity index (χ2v) is 16.3. The van der Waals surface area contributed by atoms with E-state index in [1.54, 1.807) is 0 Å². The van der Waals surface area contributed by atoms with Crippen LogP contribution in [0.4, 0.5) is 0 Å². The van der Waals surface area contributed by atoms with Crippen LogP contribution in [0.1, 0.15) is 59.5 Å². The van der Waals surface area contributed by atoms with Crippen LogP contribution in [-0.2, 0) is 40.2 Å². The monoisotopic (exact) mass is 752 g/mol. The van der Waals surface area contributed by atoms with Crippen LogP contribution in [-0.4, -0.2) is 90.0 Å². The molecular formula is C44H56N4O7. The van der Waals surface area contributed by atoms with Gasteiger partial charge in [0.05, 0.1) is 17.8 Å². The molecule has 8 atom stereocenters. The third-order valence-corrected chi connectivity index (χ3v) is 12.6. The lowest BCUT2D eigenvalue weighted by molar-refractivity contribution is -0.144. The topological polar surface area (TPSA) is 160 Å². The Bertz CT molecular complexity index is 1780. The molecular weight excluding hydrogens is 697 g/mol. The number of benzene rings is 3. The van der Waals surface area contributed by atoms with Gasteiger partial charge in [-0.05, 0) is 135 Å². The van der Waals surface area contributed by atoms with Crippen LogP contribution >= 0.6 is 0 Å². The normalized spacial score (nSPS) is 25.8. The standard InChI is InChI=1S/C44H56N4O7/c49-42(50)38(33-10-13-45-23-33)19-28-4-1-7-31(16-28)26-48-27-37(55-36-9-3-6-30(18-36)21-40(44(53)54)35-12-15-47-25-35)22-41(48)32-8-2-5-29(17-32)20-39(43(51)52)34-11-14-46-24-34/h1-9,16-18,33-35,37-41,45-47H,10-15,19-27H2,(H,49,50)(H,51,52)(H,53,54)/t33-,34-,35-,37-,38-,39-,40-,41-/m0/s1. The fourth-order valence-electron chi connectivity index (χ4n) is 9.61. The maximum atomic E-state index is 12.4. The first kappa shape index (κ1) is 39.0. The molecule has 0 bridgehead atoms. The molecule has 11 nitrogen and oxygen atoms in total. The van der Waals surface area contributed by atoms with Gasteiger partial charge in [-0.25, -0.2) is 0 Å². The third kappa shape index (κ3) is 9.94. The van der Waals surface area contributed by atoms with Crippen molar-refractivity contribution in [3.8, 4) is 5.75 Å². The maximum Gasteiger partial charge on any atom is 0.307 e. The minimum atomic E-state index is -0.760. The fraction of sp³-hybridized carbons (Fsp3) is 0.523. The van der Waals surface area contributed by atoms with Crippen molar-refractivity contribution in [3.05, 3.63) is 101 Å². The minimum Gasteiger partial charge on any atom is -0.489 e. The summed E-state index contributed by atoms with van der Waals surface area (Å²) in [6.45, 7) is 6.05. The highest BCUT2D eigenvalue weighted by molar-refractivity contribution is 5.72. The van der Waals surface area contributed by atoms with Crippen molar-refractivity contribution in [3.63, 3.8) is 0 Å². The van der Waals surface area contributed by atoms with Gasteiger partial charge in [-0.3, -0.25) is 19.3 Å². The van der Waals surface area contributed by atoms with Gasteiger partial charge >= 0.3 is 17.9 Å². The van der Waals surface area contributed by atoms with Gasteiger partial charge in [-0.2, -0.15) is 0 Å². The van der Waals surface area contributed by atoms with Crippen LogP contribution in [0.5, 0.6) is 5.75 Å². The van der Waals surface area contributed by atoms with Crippen LogP contribution < -0.4 is 20.7 Å². The summed E-state index contributed by atoms with van der Waals surface area (Å²) >= 11 is 0. The summed E-state index contributed by atoms with van der Waals surface area (Å²) in [6.07, 6.45) is 4.62. The molecule has 3 aromatic carbocycles. The van der Waals surface area contributed by atoms with Gasteiger partial charge < -0.3 is 36.0 Å². The molecule has 4 aliphatic rings. The number of carboxylic acids is 3. The van der Waals surface area contributed by atoms with E-state index in [1.165, 1.54) is 0 Å². The van der Waals surface area contributed by atoms with E-state index < -0.39 is 35.7 Å². The van der Waals surface area contributed by atoms with Gasteiger partial charge in [0.15, 0.2) is 0 Å². The van der Waals surface area contributed by atoms with Gasteiger partial charge in [0, 0.05) is 25.6 Å². The van der Waals surface area contributed by atoms with Crippen molar-refractivity contribution in [1.29, 1.82) is 0 Å². The average Bonchev–Trinajstić information content (AvgIpc) is 4.02. The zero-order valence-corrected chi connectivity index (χ0v) is 31.6. The summed E-state index contributed by atoms with van der Waals surface area (Å²) in [5.41, 5.74) is 5.22. The Morgan fingerprint density at radius 3 is 1.62 bits per heavy atom. The van der Waals surface area contributed by atoms with E-state index in [4.69, 9.17) is 4.74 Å². The number of carboxylic acid groups (broad SMARTS) is 3. The van der Waals surface area contributed by atoms with Crippen molar-refractivity contribution in [2.45, 2.75) is 63.6 Å². The highest BCUT2D eigenvalue weighted by Crippen LogP contribution is 2.37. The summed E-state index contributed by atoms with van der Waals surface area (Å²) in [5, 5.41) is 40.2. The average molecular weight is 753 g/mol. The molecule has 6 N–H and O–H groups in total. The SMILES string of the molecule is O=C(O)[C@@H](Cc1cccc(CN2C[C@@H](Oc3cccc(C[C@H](C(=O)O)[C@H]4CCNC4)c3)C[C@H]2c2cccc(C[C@H](C(=O)O)[C@H]3CCNC3)c2)c1)[C@H]1CCNC1. The zero-order valence-electron chi connectivity index (χ0n) is 31.6. The van der Waals surface area contributed by atoms with Gasteiger partial charge in [0.1, 0.15) is 11.9 Å². The van der Waals surface area contributed by atoms with E-state index in [1.807, 2.05) is 48.5 Å². The third-order valence-electron chi connectivity index (χ3n) is 12.6. The molecule has 294 valence electrons. The summed E-state index contributed by atoms with van der Waals surface area (Å²) in [4.78, 5) is 39.3. The van der Waals surface area contributed by atoms with E-state index in [2.05, 4.69) is 45.1 Å². The number of hydrogen-bond donors (Lipinski definition) is 6. The Morgan fingerprint density at radius 2 is 1.11 bits per heavy atom. The summed E-state index contributed by atoms with van der Waals surface area (Å²) in [5.74, 6) is -2.53. The molecule has 0 saturated carbocycles. The molecule has 0 unspecified atom stereocenters. The Labute approximate surface area is 323 Å². The molecule has 3 aromatic rings. The Balaban J connectivity index is 1.11. The van der Waals surface area contributed by atoms with Crippen molar-refractivity contribution in [2.24, 2.45) is 35.5 Å². The zero-order chi connectivity index (χ0) is 38.3. The van der Waals surface area contributed by atoms with Gasteiger partial charge in [0.2, 0.25) is 0 Å². The molecule has 4 heterocycles. The Hall–Kier alpha value is -4.29. The van der Waals surface area contributed by atoms with Crippen LogP contribution in [0, 0.1) is 35.5 Å². The molecule has 4 saturated heterocycles. The number of nitrogens with zero attached hydrogens (tertiary/aromatic N) is 1. The Morgan fingerprint density at radius 1 is 0.636 bits per heavy atom. The first-order chi connectivity index (χ1) is 26.7. The van der Waals surface area contributed by atoms with Crippen LogP contribution in [0.2, 0.25) is 0 Å². The lowest BCUT2D eigenvalue weighted by Crippen LogP contribution is -2.28. The maximum absolute atomic E-state index is 12.4. The van der Waals surface area contributed by atoms with Gasteiger partial charge in [-0.15, -0.1) is 0 Å². The summed E-state index contributed by atoms with van der Waals surface area (Å²) in [7, 11) is 0. The summed E-state index contributed by atoms with van der Waals surface area (Å²) < 4.78 is 6.70. The number of rotatable bonds is 17.